The maximum atomic E-state index is 12.0. The molecule has 6 heteroatoms. The summed E-state index contributed by atoms with van der Waals surface area (Å²) in [6, 6.07) is 0. The van der Waals surface area contributed by atoms with Crippen LogP contribution in [0.25, 0.3) is 0 Å². The molecule has 1 heterocycles. The van der Waals surface area contributed by atoms with Gasteiger partial charge in [-0.05, 0) is 24.7 Å². The minimum atomic E-state index is -0.838. The van der Waals surface area contributed by atoms with Crippen LogP contribution in [0.5, 0.6) is 0 Å². The van der Waals surface area contributed by atoms with E-state index in [2.05, 4.69) is 10.6 Å². The largest absolute Gasteiger partial charge is 0.481 e. The summed E-state index contributed by atoms with van der Waals surface area (Å²) in [4.78, 5) is 33.8. The van der Waals surface area contributed by atoms with Crippen LogP contribution in [0.15, 0.2) is 0 Å². The summed E-state index contributed by atoms with van der Waals surface area (Å²) in [5.74, 6) is -0.798. The average Bonchev–Trinajstić information content (AvgIpc) is 2.35. The molecule has 0 aromatic rings. The topological polar surface area (TPSA) is 95.5 Å². The van der Waals surface area contributed by atoms with Crippen molar-refractivity contribution in [1.82, 2.24) is 10.6 Å². The van der Waals surface area contributed by atoms with Crippen molar-refractivity contribution < 1.29 is 19.5 Å². The fourth-order valence-corrected chi connectivity index (χ4v) is 2.50. The first-order valence-electron chi connectivity index (χ1n) is 7.14. The predicted octanol–water partition coefficient (Wildman–Crippen LogP) is 0.766. The van der Waals surface area contributed by atoms with Crippen molar-refractivity contribution in [3.63, 3.8) is 0 Å². The first kappa shape index (κ1) is 16.5. The van der Waals surface area contributed by atoms with Gasteiger partial charge >= 0.3 is 5.97 Å². The SMILES string of the molecule is CC(C)CC(CNC(=O)C1CCC(=O)NC1)CC(=O)O. The number of hydrogen-bond acceptors (Lipinski definition) is 3. The van der Waals surface area contributed by atoms with E-state index in [4.69, 9.17) is 5.11 Å². The molecule has 0 bridgehead atoms. The van der Waals surface area contributed by atoms with E-state index in [-0.39, 0.29) is 30.1 Å². The van der Waals surface area contributed by atoms with E-state index < -0.39 is 5.97 Å². The number of carboxylic acid groups (broad SMARTS) is 1. The standard InChI is InChI=1S/C14H24N2O4/c1-9(2)5-10(6-13(18)19)7-16-14(20)11-3-4-12(17)15-8-11/h9-11H,3-8H2,1-2H3,(H,15,17)(H,16,20)(H,18,19). The fourth-order valence-electron chi connectivity index (χ4n) is 2.50. The lowest BCUT2D eigenvalue weighted by atomic mass is 9.93. The van der Waals surface area contributed by atoms with Crippen molar-refractivity contribution >= 4 is 17.8 Å². The Morgan fingerprint density at radius 2 is 2.15 bits per heavy atom. The molecule has 0 aromatic carbocycles. The van der Waals surface area contributed by atoms with E-state index in [1.54, 1.807) is 0 Å². The molecule has 1 rings (SSSR count). The highest BCUT2D eigenvalue weighted by Crippen LogP contribution is 2.16. The molecule has 1 aliphatic rings. The molecule has 2 unspecified atom stereocenters. The van der Waals surface area contributed by atoms with E-state index >= 15 is 0 Å². The van der Waals surface area contributed by atoms with Crippen molar-refractivity contribution in [1.29, 1.82) is 0 Å². The summed E-state index contributed by atoms with van der Waals surface area (Å²) in [6.45, 7) is 4.83. The Morgan fingerprint density at radius 3 is 2.65 bits per heavy atom. The molecular weight excluding hydrogens is 260 g/mol. The molecule has 0 aromatic heterocycles. The quantitative estimate of drug-likeness (QED) is 0.643. The van der Waals surface area contributed by atoms with Gasteiger partial charge < -0.3 is 15.7 Å². The summed E-state index contributed by atoms with van der Waals surface area (Å²) in [6.07, 6.45) is 1.78. The van der Waals surface area contributed by atoms with Gasteiger partial charge in [0.15, 0.2) is 0 Å². The molecule has 0 aliphatic carbocycles. The van der Waals surface area contributed by atoms with Crippen LogP contribution < -0.4 is 10.6 Å². The third-order valence-corrected chi connectivity index (χ3v) is 3.47. The molecule has 3 N–H and O–H groups in total. The minimum absolute atomic E-state index is 0.0161. The number of aliphatic carboxylic acids is 1. The van der Waals surface area contributed by atoms with Crippen molar-refractivity contribution in [3.8, 4) is 0 Å². The summed E-state index contributed by atoms with van der Waals surface area (Å²) >= 11 is 0. The van der Waals surface area contributed by atoms with Crippen LogP contribution in [0, 0.1) is 17.8 Å². The van der Waals surface area contributed by atoms with Crippen LogP contribution in [-0.4, -0.2) is 36.0 Å². The zero-order valence-corrected chi connectivity index (χ0v) is 12.1. The molecule has 1 saturated heterocycles. The van der Waals surface area contributed by atoms with Crippen LogP contribution in [-0.2, 0) is 14.4 Å². The predicted molar refractivity (Wildman–Crippen MR) is 73.9 cm³/mol. The van der Waals surface area contributed by atoms with Crippen LogP contribution in [0.1, 0.15) is 39.5 Å². The van der Waals surface area contributed by atoms with E-state index in [1.807, 2.05) is 13.8 Å². The maximum Gasteiger partial charge on any atom is 0.303 e. The second-order valence-corrected chi connectivity index (χ2v) is 5.88. The maximum absolute atomic E-state index is 12.0. The summed E-state index contributed by atoms with van der Waals surface area (Å²) in [5.41, 5.74) is 0. The van der Waals surface area contributed by atoms with Crippen molar-refractivity contribution in [2.75, 3.05) is 13.1 Å². The number of hydrogen-bond donors (Lipinski definition) is 3. The van der Waals surface area contributed by atoms with Gasteiger partial charge in [-0.2, -0.15) is 0 Å². The first-order chi connectivity index (χ1) is 9.38. The summed E-state index contributed by atoms with van der Waals surface area (Å²) < 4.78 is 0. The normalized spacial score (nSPS) is 20.4. The van der Waals surface area contributed by atoms with Crippen LogP contribution >= 0.6 is 0 Å². The third-order valence-electron chi connectivity index (χ3n) is 3.47. The Bertz CT molecular complexity index is 358. The molecule has 0 radical (unpaired) electrons. The van der Waals surface area contributed by atoms with Gasteiger partial charge in [0, 0.05) is 25.9 Å². The lowest BCUT2D eigenvalue weighted by Crippen LogP contribution is -2.44. The molecule has 2 atom stereocenters. The van der Waals surface area contributed by atoms with Gasteiger partial charge in [0.05, 0.1) is 5.92 Å². The lowest BCUT2D eigenvalue weighted by Gasteiger charge is -2.23. The molecule has 6 nitrogen and oxygen atoms in total. The Morgan fingerprint density at radius 1 is 1.45 bits per heavy atom. The summed E-state index contributed by atoms with van der Waals surface area (Å²) in [7, 11) is 0. The number of amides is 2. The highest BCUT2D eigenvalue weighted by molar-refractivity contribution is 5.83. The summed E-state index contributed by atoms with van der Waals surface area (Å²) in [5, 5.41) is 14.4. The Kier molecular flexibility index (Phi) is 6.48. The molecule has 2 amide bonds. The Hall–Kier alpha value is -1.59. The molecule has 0 spiro atoms. The number of carbonyl (C=O) groups excluding carboxylic acids is 2. The number of nitrogens with one attached hydrogen (secondary N) is 2. The molecule has 20 heavy (non-hydrogen) atoms. The van der Waals surface area contributed by atoms with Gasteiger partial charge in [-0.15, -0.1) is 0 Å². The van der Waals surface area contributed by atoms with Gasteiger partial charge in [-0.3, -0.25) is 14.4 Å². The van der Waals surface area contributed by atoms with E-state index in [0.717, 1.165) is 6.42 Å². The van der Waals surface area contributed by atoms with Crippen LogP contribution in [0.2, 0.25) is 0 Å². The lowest BCUT2D eigenvalue weighted by molar-refractivity contribution is -0.138. The minimum Gasteiger partial charge on any atom is -0.481 e. The molecule has 1 fully saturated rings. The Balaban J connectivity index is 2.39. The fraction of sp³-hybridized carbons (Fsp3) is 0.786. The zero-order valence-electron chi connectivity index (χ0n) is 12.1. The Labute approximate surface area is 119 Å². The second-order valence-electron chi connectivity index (χ2n) is 5.88. The number of piperidine rings is 1. The van der Waals surface area contributed by atoms with Crippen molar-refractivity contribution in [2.24, 2.45) is 17.8 Å². The number of carbonyl (C=O) groups is 3. The van der Waals surface area contributed by atoms with Crippen LogP contribution in [0.3, 0.4) is 0 Å². The number of rotatable bonds is 7. The van der Waals surface area contributed by atoms with Gasteiger partial charge in [-0.25, -0.2) is 0 Å². The average molecular weight is 284 g/mol. The van der Waals surface area contributed by atoms with Gasteiger partial charge in [-0.1, -0.05) is 13.8 Å². The molecule has 1 aliphatic heterocycles. The molecule has 114 valence electrons. The zero-order chi connectivity index (χ0) is 15.1. The number of carboxylic acids is 1. The van der Waals surface area contributed by atoms with Crippen molar-refractivity contribution in [2.45, 2.75) is 39.5 Å². The molecular formula is C14H24N2O4. The van der Waals surface area contributed by atoms with Gasteiger partial charge in [0.2, 0.25) is 11.8 Å². The highest BCUT2D eigenvalue weighted by atomic mass is 16.4. The van der Waals surface area contributed by atoms with Gasteiger partial charge in [0.25, 0.3) is 0 Å². The molecule has 0 saturated carbocycles. The van der Waals surface area contributed by atoms with Crippen LogP contribution in [0.4, 0.5) is 0 Å². The monoisotopic (exact) mass is 284 g/mol. The van der Waals surface area contributed by atoms with Crippen molar-refractivity contribution in [3.05, 3.63) is 0 Å². The van der Waals surface area contributed by atoms with E-state index in [0.29, 0.717) is 31.8 Å². The smallest absolute Gasteiger partial charge is 0.303 e. The van der Waals surface area contributed by atoms with E-state index in [9.17, 15) is 14.4 Å². The second kappa shape index (κ2) is 7.87. The first-order valence-corrected chi connectivity index (χ1v) is 7.14. The third kappa shape index (κ3) is 6.04. The van der Waals surface area contributed by atoms with Gasteiger partial charge in [0.1, 0.15) is 0 Å². The van der Waals surface area contributed by atoms with E-state index in [1.165, 1.54) is 0 Å². The highest BCUT2D eigenvalue weighted by Gasteiger charge is 2.25.